The van der Waals surface area contributed by atoms with E-state index in [0.29, 0.717) is 0 Å². The van der Waals surface area contributed by atoms with Crippen molar-refractivity contribution in [3.8, 4) is 0 Å². The van der Waals surface area contributed by atoms with Gasteiger partial charge in [-0.3, -0.25) is 0 Å². The lowest BCUT2D eigenvalue weighted by Gasteiger charge is -2.05. The van der Waals surface area contributed by atoms with Crippen LogP contribution in [-0.2, 0) is 0 Å². The fourth-order valence-corrected chi connectivity index (χ4v) is 2.08. The molecule has 4 N–H and O–H groups in total. The number of aromatic nitrogens is 8. The zero-order valence-electron chi connectivity index (χ0n) is 10.6. The van der Waals surface area contributed by atoms with Gasteiger partial charge in [0.15, 0.2) is 34.0 Å². The second-order valence-corrected chi connectivity index (χ2v) is 4.28. The second kappa shape index (κ2) is 4.03. The summed E-state index contributed by atoms with van der Waals surface area (Å²) in [5.74, 6) is -0.239. The lowest BCUT2D eigenvalue weighted by molar-refractivity contribution is 0.536. The minimum absolute atomic E-state index is 0.0712. The van der Waals surface area contributed by atoms with Gasteiger partial charge in [0.1, 0.15) is 12.7 Å². The predicted octanol–water partition coefficient (Wildman–Crippen LogP) is -0.280. The number of fused-ring (bicyclic) bond motifs is 2. The summed E-state index contributed by atoms with van der Waals surface area (Å²) in [7, 11) is 0. The molecular weight excluding hydrogens is 298 g/mol. The van der Waals surface area contributed by atoms with Gasteiger partial charge in [-0.1, -0.05) is 0 Å². The Morgan fingerprint density at radius 3 is 1.55 bits per heavy atom. The van der Waals surface area contributed by atoms with Crippen LogP contribution < -0.4 is 11.5 Å². The largest absolute Gasteiger partial charge is 0.382 e. The first-order valence-electron chi connectivity index (χ1n) is 5.87. The molecule has 0 saturated heterocycles. The maximum absolute atomic E-state index is 13.4. The summed E-state index contributed by atoms with van der Waals surface area (Å²) in [6, 6.07) is 0. The molecule has 4 heterocycles. The summed E-state index contributed by atoms with van der Waals surface area (Å²) in [5, 5.41) is 0. The minimum Gasteiger partial charge on any atom is -0.382 e. The molecule has 0 aliphatic heterocycles. The maximum atomic E-state index is 13.4. The van der Waals surface area contributed by atoms with Gasteiger partial charge in [-0.2, -0.15) is 28.7 Å². The third kappa shape index (κ3) is 1.57. The van der Waals surface area contributed by atoms with Gasteiger partial charge in [-0.15, -0.1) is 0 Å². The van der Waals surface area contributed by atoms with Crippen molar-refractivity contribution in [3.05, 3.63) is 24.8 Å². The average molecular weight is 304 g/mol. The third-order valence-electron chi connectivity index (χ3n) is 2.99. The van der Waals surface area contributed by atoms with Crippen LogP contribution in [0.1, 0.15) is 0 Å². The number of nitrogen functional groups attached to an aromatic ring is 2. The molecule has 0 aliphatic rings. The SMILES string of the molecule is Nc1nc(F)nc2c1ncn2-n1cnc2c(N)nc(F)nc21. The molecule has 0 fully saturated rings. The predicted molar refractivity (Wildman–Crippen MR) is 70.2 cm³/mol. The van der Waals surface area contributed by atoms with Gasteiger partial charge in [0.05, 0.1) is 0 Å². The first kappa shape index (κ1) is 12.3. The van der Waals surface area contributed by atoms with Crippen LogP contribution in [0.4, 0.5) is 20.4 Å². The highest BCUT2D eigenvalue weighted by molar-refractivity contribution is 5.83. The molecule has 0 aliphatic carbocycles. The Kier molecular flexibility index (Phi) is 2.26. The standard InChI is InChI=1S/C10H6F2N10/c11-9-17-5(13)3-7(19-9)21(1-15-3)22-2-16-4-6(14)18-10(12)20-8(4)22/h1-2H,(H2,13,17,19)(H2,14,18,20). The number of nitrogens with two attached hydrogens (primary N) is 2. The van der Waals surface area contributed by atoms with Crippen LogP contribution in [-0.4, -0.2) is 39.3 Å². The molecule has 22 heavy (non-hydrogen) atoms. The van der Waals surface area contributed by atoms with Crippen LogP contribution in [0.3, 0.4) is 0 Å². The van der Waals surface area contributed by atoms with Crippen LogP contribution >= 0.6 is 0 Å². The lowest BCUT2D eigenvalue weighted by Crippen LogP contribution is -2.10. The van der Waals surface area contributed by atoms with E-state index in [9.17, 15) is 8.78 Å². The van der Waals surface area contributed by atoms with Crippen molar-refractivity contribution in [2.24, 2.45) is 0 Å². The Balaban J connectivity index is 2.08. The van der Waals surface area contributed by atoms with Gasteiger partial charge >= 0.3 is 12.2 Å². The van der Waals surface area contributed by atoms with Gasteiger partial charge in [-0.05, 0) is 0 Å². The molecule has 4 rings (SSSR count). The minimum atomic E-state index is -1.02. The molecule has 10 nitrogen and oxygen atoms in total. The molecule has 0 saturated carbocycles. The maximum Gasteiger partial charge on any atom is 0.312 e. The number of rotatable bonds is 1. The lowest BCUT2D eigenvalue weighted by atomic mass is 10.5. The number of hydrogen-bond donors (Lipinski definition) is 2. The van der Waals surface area contributed by atoms with Crippen LogP contribution in [0.25, 0.3) is 22.3 Å². The average Bonchev–Trinajstić information content (AvgIpc) is 3.02. The normalized spacial score (nSPS) is 11.5. The number of hydrogen-bond acceptors (Lipinski definition) is 8. The van der Waals surface area contributed by atoms with Crippen molar-refractivity contribution in [1.29, 1.82) is 0 Å². The zero-order chi connectivity index (χ0) is 15.4. The summed E-state index contributed by atoms with van der Waals surface area (Å²) in [6.07, 6.45) is 0.562. The highest BCUT2D eigenvalue weighted by Crippen LogP contribution is 2.20. The van der Waals surface area contributed by atoms with Crippen LogP contribution in [0.5, 0.6) is 0 Å². The molecule has 0 spiro atoms. The molecule has 0 atom stereocenters. The van der Waals surface area contributed by atoms with E-state index in [1.165, 1.54) is 22.0 Å². The molecule has 0 unspecified atom stereocenters. The van der Waals surface area contributed by atoms with Crippen molar-refractivity contribution in [3.63, 3.8) is 0 Å². The number of nitrogens with zero attached hydrogens (tertiary/aromatic N) is 8. The van der Waals surface area contributed by atoms with Gasteiger partial charge in [0.2, 0.25) is 0 Å². The number of imidazole rings is 2. The zero-order valence-corrected chi connectivity index (χ0v) is 10.6. The Labute approximate surface area is 119 Å². The van der Waals surface area contributed by atoms with Crippen LogP contribution in [0.2, 0.25) is 0 Å². The van der Waals surface area contributed by atoms with Crippen LogP contribution in [0, 0.1) is 12.2 Å². The second-order valence-electron chi connectivity index (χ2n) is 4.28. The molecular formula is C10H6F2N10. The van der Waals surface area contributed by atoms with Gasteiger partial charge in [0.25, 0.3) is 0 Å². The molecule has 4 aromatic heterocycles. The number of halogens is 2. The van der Waals surface area contributed by atoms with Crippen molar-refractivity contribution >= 4 is 34.0 Å². The van der Waals surface area contributed by atoms with Gasteiger partial charge in [-0.25, -0.2) is 19.3 Å². The highest BCUT2D eigenvalue weighted by Gasteiger charge is 2.16. The molecule has 12 heteroatoms. The van der Waals surface area contributed by atoms with Crippen molar-refractivity contribution < 1.29 is 8.78 Å². The molecule has 0 aromatic carbocycles. The molecule has 0 radical (unpaired) electrons. The summed E-state index contributed by atoms with van der Waals surface area (Å²) in [6.45, 7) is 0. The van der Waals surface area contributed by atoms with E-state index in [4.69, 9.17) is 11.5 Å². The monoisotopic (exact) mass is 304 g/mol. The molecule has 0 amide bonds. The fourth-order valence-electron chi connectivity index (χ4n) is 2.08. The van der Waals surface area contributed by atoms with Gasteiger partial charge in [0, 0.05) is 0 Å². The van der Waals surface area contributed by atoms with Crippen molar-refractivity contribution in [2.45, 2.75) is 0 Å². The topological polar surface area (TPSA) is 139 Å². The summed E-state index contributed by atoms with van der Waals surface area (Å²) in [4.78, 5) is 22.0. The Hall–Kier alpha value is -3.44. The molecule has 4 aromatic rings. The van der Waals surface area contributed by atoms with E-state index in [1.54, 1.807) is 0 Å². The summed E-state index contributed by atoms with van der Waals surface area (Å²) < 4.78 is 29.3. The quantitative estimate of drug-likeness (QED) is 0.458. The first-order chi connectivity index (χ1) is 10.5. The van der Waals surface area contributed by atoms with E-state index in [1.807, 2.05) is 0 Å². The summed E-state index contributed by atoms with van der Waals surface area (Å²) in [5.41, 5.74) is 11.7. The van der Waals surface area contributed by atoms with Crippen LogP contribution in [0.15, 0.2) is 12.7 Å². The highest BCUT2D eigenvalue weighted by atomic mass is 19.1. The van der Waals surface area contributed by atoms with E-state index >= 15 is 0 Å². The van der Waals surface area contributed by atoms with E-state index in [-0.39, 0.29) is 34.0 Å². The Bertz CT molecular complexity index is 951. The van der Waals surface area contributed by atoms with Crippen molar-refractivity contribution in [2.75, 3.05) is 11.5 Å². The Morgan fingerprint density at radius 2 is 1.14 bits per heavy atom. The smallest absolute Gasteiger partial charge is 0.312 e. The Morgan fingerprint density at radius 1 is 0.727 bits per heavy atom. The van der Waals surface area contributed by atoms with E-state index in [0.717, 1.165) is 0 Å². The van der Waals surface area contributed by atoms with E-state index in [2.05, 4.69) is 29.9 Å². The first-order valence-corrected chi connectivity index (χ1v) is 5.87. The van der Waals surface area contributed by atoms with E-state index < -0.39 is 12.2 Å². The summed E-state index contributed by atoms with van der Waals surface area (Å²) >= 11 is 0. The molecule has 110 valence electrons. The fraction of sp³-hybridized carbons (Fsp3) is 0. The third-order valence-corrected chi connectivity index (χ3v) is 2.99. The van der Waals surface area contributed by atoms with Gasteiger partial charge < -0.3 is 11.5 Å². The molecule has 0 bridgehead atoms. The van der Waals surface area contributed by atoms with Crippen molar-refractivity contribution in [1.82, 2.24) is 39.3 Å². The number of anilines is 2.